The number of hydrogen-bond donors (Lipinski definition) is 2. The van der Waals surface area contributed by atoms with Gasteiger partial charge in [0.15, 0.2) is 0 Å². The lowest BCUT2D eigenvalue weighted by molar-refractivity contribution is 0.0943. The van der Waals surface area contributed by atoms with Crippen molar-refractivity contribution in [2.24, 2.45) is 11.3 Å². The predicted octanol–water partition coefficient (Wildman–Crippen LogP) is 3.14. The summed E-state index contributed by atoms with van der Waals surface area (Å²) in [6.07, 6.45) is 5.21. The third-order valence-electron chi connectivity index (χ3n) is 5.19. The minimum atomic E-state index is -0.342. The van der Waals surface area contributed by atoms with E-state index in [-0.39, 0.29) is 11.7 Å². The third kappa shape index (κ3) is 2.21. The molecular formula is C17H18FN3O. The van der Waals surface area contributed by atoms with Gasteiger partial charge in [-0.25, -0.2) is 4.39 Å². The highest BCUT2D eigenvalue weighted by Gasteiger charge is 2.56. The summed E-state index contributed by atoms with van der Waals surface area (Å²) in [5.74, 6) is 0.126. The molecule has 1 atom stereocenters. The Morgan fingerprint density at radius 3 is 2.91 bits per heavy atom. The number of aromatic amines is 1. The summed E-state index contributed by atoms with van der Waals surface area (Å²) in [5, 5.41) is 9.70. The highest BCUT2D eigenvalue weighted by atomic mass is 19.1. The van der Waals surface area contributed by atoms with E-state index in [9.17, 15) is 9.18 Å². The number of hydrogen-bond acceptors (Lipinski definition) is 2. The molecule has 114 valence electrons. The molecule has 0 radical (unpaired) electrons. The van der Waals surface area contributed by atoms with Gasteiger partial charge in [0.2, 0.25) is 0 Å². The van der Waals surface area contributed by atoms with Crippen molar-refractivity contribution in [3.63, 3.8) is 0 Å². The van der Waals surface area contributed by atoms with E-state index in [1.54, 1.807) is 24.3 Å². The van der Waals surface area contributed by atoms with Crippen LogP contribution in [0, 0.1) is 17.2 Å². The van der Waals surface area contributed by atoms with Crippen LogP contribution in [0.25, 0.3) is 11.3 Å². The molecular weight excluding hydrogens is 281 g/mol. The number of aromatic nitrogens is 2. The first-order valence-corrected chi connectivity index (χ1v) is 7.76. The number of carbonyl (C=O) groups excluding carboxylic acids is 1. The molecule has 4 rings (SSSR count). The van der Waals surface area contributed by atoms with Crippen LogP contribution in [-0.4, -0.2) is 22.6 Å². The van der Waals surface area contributed by atoms with Crippen molar-refractivity contribution in [2.45, 2.75) is 25.7 Å². The summed E-state index contributed by atoms with van der Waals surface area (Å²) in [6.45, 7) is 0.729. The zero-order chi connectivity index (χ0) is 15.2. The second kappa shape index (κ2) is 4.93. The molecule has 22 heavy (non-hydrogen) atoms. The van der Waals surface area contributed by atoms with Gasteiger partial charge in [-0.3, -0.25) is 9.89 Å². The van der Waals surface area contributed by atoms with Crippen LogP contribution >= 0.6 is 0 Å². The van der Waals surface area contributed by atoms with Crippen molar-refractivity contribution in [1.29, 1.82) is 0 Å². The quantitative estimate of drug-likeness (QED) is 0.911. The second-order valence-electron chi connectivity index (χ2n) is 6.47. The Morgan fingerprint density at radius 2 is 2.23 bits per heavy atom. The fourth-order valence-electron chi connectivity index (χ4n) is 3.52. The summed E-state index contributed by atoms with van der Waals surface area (Å²) in [7, 11) is 0. The van der Waals surface area contributed by atoms with Crippen LogP contribution in [0.5, 0.6) is 0 Å². The van der Waals surface area contributed by atoms with E-state index in [1.165, 1.54) is 31.7 Å². The Labute approximate surface area is 128 Å². The zero-order valence-corrected chi connectivity index (χ0v) is 12.2. The average molecular weight is 299 g/mol. The number of nitrogens with one attached hydrogen (secondary N) is 2. The Balaban J connectivity index is 1.41. The molecule has 0 bridgehead atoms. The number of amides is 1. The van der Waals surface area contributed by atoms with Crippen LogP contribution < -0.4 is 5.32 Å². The van der Waals surface area contributed by atoms with Gasteiger partial charge in [-0.2, -0.15) is 5.10 Å². The Hall–Kier alpha value is -2.17. The van der Waals surface area contributed by atoms with Crippen molar-refractivity contribution in [2.75, 3.05) is 6.54 Å². The molecule has 1 heterocycles. The maximum absolute atomic E-state index is 13.7. The van der Waals surface area contributed by atoms with Crippen LogP contribution in [-0.2, 0) is 0 Å². The van der Waals surface area contributed by atoms with E-state index in [2.05, 4.69) is 15.5 Å². The number of rotatable bonds is 4. The molecule has 1 aromatic carbocycles. The lowest BCUT2D eigenvalue weighted by atomic mass is 9.80. The molecule has 1 spiro atoms. The van der Waals surface area contributed by atoms with E-state index in [0.717, 1.165) is 6.54 Å². The van der Waals surface area contributed by atoms with Gasteiger partial charge in [0.1, 0.15) is 11.5 Å². The first kappa shape index (κ1) is 13.5. The Bertz CT molecular complexity index is 720. The van der Waals surface area contributed by atoms with Crippen LogP contribution in [0.1, 0.15) is 36.2 Å². The maximum atomic E-state index is 13.7. The number of H-pyrrole nitrogens is 1. The number of nitrogens with zero attached hydrogens (tertiary/aromatic N) is 1. The van der Waals surface area contributed by atoms with E-state index < -0.39 is 0 Å². The smallest absolute Gasteiger partial charge is 0.269 e. The topological polar surface area (TPSA) is 57.8 Å². The van der Waals surface area contributed by atoms with Crippen LogP contribution in [0.2, 0.25) is 0 Å². The lowest BCUT2D eigenvalue weighted by Gasteiger charge is -2.26. The van der Waals surface area contributed by atoms with Crippen molar-refractivity contribution in [3.8, 4) is 11.3 Å². The van der Waals surface area contributed by atoms with Gasteiger partial charge in [-0.15, -0.1) is 0 Å². The first-order chi connectivity index (χ1) is 10.7. The van der Waals surface area contributed by atoms with E-state index in [1.807, 2.05) is 0 Å². The minimum Gasteiger partial charge on any atom is -0.350 e. The molecule has 2 N–H and O–H groups in total. The van der Waals surface area contributed by atoms with Gasteiger partial charge in [0, 0.05) is 12.1 Å². The fourth-order valence-corrected chi connectivity index (χ4v) is 3.52. The van der Waals surface area contributed by atoms with Gasteiger partial charge < -0.3 is 5.32 Å². The molecule has 2 aliphatic rings. The molecule has 2 saturated carbocycles. The first-order valence-electron chi connectivity index (χ1n) is 7.76. The molecule has 0 saturated heterocycles. The molecule has 1 aromatic heterocycles. The summed E-state index contributed by atoms with van der Waals surface area (Å²) < 4.78 is 13.7. The zero-order valence-electron chi connectivity index (χ0n) is 12.2. The predicted molar refractivity (Wildman–Crippen MR) is 80.7 cm³/mol. The van der Waals surface area contributed by atoms with Gasteiger partial charge >= 0.3 is 0 Å². The second-order valence-corrected chi connectivity index (χ2v) is 6.47. The van der Waals surface area contributed by atoms with Crippen molar-refractivity contribution >= 4 is 5.91 Å². The molecule has 1 amide bonds. The minimum absolute atomic E-state index is 0.170. The fraction of sp³-hybridized carbons (Fsp3) is 0.412. The Kier molecular flexibility index (Phi) is 3.03. The van der Waals surface area contributed by atoms with Crippen LogP contribution in [0.15, 0.2) is 30.3 Å². The summed E-state index contributed by atoms with van der Waals surface area (Å²) in [4.78, 5) is 12.1. The average Bonchev–Trinajstić information content (AvgIpc) is 3.04. The molecule has 2 aliphatic carbocycles. The standard InChI is InChI=1S/C17H18FN3O/c18-13-5-2-1-4-12(13)14-8-15(21-20-14)16(22)19-10-11-9-17(11)6-3-7-17/h1-2,4-5,8,11H,3,6-7,9-10H2,(H,19,22)(H,20,21). The molecule has 1 unspecified atom stereocenters. The monoisotopic (exact) mass is 299 g/mol. The molecule has 4 nitrogen and oxygen atoms in total. The molecule has 2 fully saturated rings. The third-order valence-corrected chi connectivity index (χ3v) is 5.19. The highest BCUT2D eigenvalue weighted by Crippen LogP contribution is 2.65. The molecule has 5 heteroatoms. The summed E-state index contributed by atoms with van der Waals surface area (Å²) >= 11 is 0. The number of halogens is 1. The van der Waals surface area contributed by atoms with Crippen molar-refractivity contribution in [1.82, 2.24) is 15.5 Å². The van der Waals surface area contributed by atoms with E-state index >= 15 is 0 Å². The van der Waals surface area contributed by atoms with Crippen LogP contribution in [0.4, 0.5) is 4.39 Å². The van der Waals surface area contributed by atoms with Gasteiger partial charge in [0.25, 0.3) is 5.91 Å². The van der Waals surface area contributed by atoms with Gasteiger partial charge in [0.05, 0.1) is 5.69 Å². The van der Waals surface area contributed by atoms with Crippen molar-refractivity contribution < 1.29 is 9.18 Å². The largest absolute Gasteiger partial charge is 0.350 e. The van der Waals surface area contributed by atoms with E-state index in [0.29, 0.717) is 28.3 Å². The maximum Gasteiger partial charge on any atom is 0.269 e. The highest BCUT2D eigenvalue weighted by molar-refractivity contribution is 5.93. The van der Waals surface area contributed by atoms with Gasteiger partial charge in [-0.05, 0) is 48.8 Å². The number of carbonyl (C=O) groups is 1. The molecule has 2 aromatic rings. The van der Waals surface area contributed by atoms with Crippen molar-refractivity contribution in [3.05, 3.63) is 41.8 Å². The number of benzene rings is 1. The SMILES string of the molecule is O=C(NCC1CC12CCC2)c1cc(-c2ccccc2F)n[nH]1. The molecule has 0 aliphatic heterocycles. The van der Waals surface area contributed by atoms with Gasteiger partial charge in [-0.1, -0.05) is 18.6 Å². The Morgan fingerprint density at radius 1 is 1.41 bits per heavy atom. The normalized spacial score (nSPS) is 21.4. The van der Waals surface area contributed by atoms with E-state index in [4.69, 9.17) is 0 Å². The van der Waals surface area contributed by atoms with Crippen LogP contribution in [0.3, 0.4) is 0 Å². The summed E-state index contributed by atoms with van der Waals surface area (Å²) in [5.41, 5.74) is 1.78. The lowest BCUT2D eigenvalue weighted by Crippen LogP contribution is -2.28. The summed E-state index contributed by atoms with van der Waals surface area (Å²) in [6, 6.07) is 8.01.